The Labute approximate surface area is 127 Å². The zero-order chi connectivity index (χ0) is 14.7. The van der Waals surface area contributed by atoms with Gasteiger partial charge in [-0.2, -0.15) is 0 Å². The van der Waals surface area contributed by atoms with E-state index in [1.165, 1.54) is 12.1 Å². The summed E-state index contributed by atoms with van der Waals surface area (Å²) in [6.45, 7) is 0. The summed E-state index contributed by atoms with van der Waals surface area (Å²) in [6.07, 6.45) is 0. The molecule has 4 N–H and O–H groups in total. The molecule has 1 heterocycles. The third-order valence-corrected chi connectivity index (χ3v) is 3.57. The van der Waals surface area contributed by atoms with Crippen LogP contribution in [0.25, 0.3) is 0 Å². The molecule has 0 unspecified atom stereocenters. The van der Waals surface area contributed by atoms with Crippen LogP contribution < -0.4 is 16.6 Å². The van der Waals surface area contributed by atoms with Crippen molar-refractivity contribution in [2.45, 2.75) is 0 Å². The van der Waals surface area contributed by atoms with Crippen molar-refractivity contribution in [1.29, 1.82) is 0 Å². The Morgan fingerprint density at radius 3 is 2.60 bits per heavy atom. The van der Waals surface area contributed by atoms with E-state index in [1.54, 1.807) is 18.2 Å². The highest BCUT2D eigenvalue weighted by Gasteiger charge is 2.11. The number of hydrogen-bond acceptors (Lipinski definition) is 6. The topological polar surface area (TPSA) is 106 Å². The van der Waals surface area contributed by atoms with Crippen molar-refractivity contribution in [2.75, 3.05) is 10.7 Å². The quantitative estimate of drug-likeness (QED) is 0.439. The first-order valence-electron chi connectivity index (χ1n) is 5.35. The minimum atomic E-state index is -0.522. The largest absolute Gasteiger partial charge is 0.340 e. The molecular weight excluding hydrogens is 350 g/mol. The second-order valence-electron chi connectivity index (χ2n) is 3.75. The summed E-state index contributed by atoms with van der Waals surface area (Å²) in [5, 5.41) is 14.3. The number of anilines is 3. The van der Waals surface area contributed by atoms with E-state index in [0.29, 0.717) is 21.0 Å². The highest BCUT2D eigenvalue weighted by molar-refractivity contribution is 9.10. The van der Waals surface area contributed by atoms with Crippen LogP contribution in [0, 0.1) is 10.1 Å². The molecule has 104 valence electrons. The van der Waals surface area contributed by atoms with Gasteiger partial charge in [0.25, 0.3) is 5.69 Å². The first-order valence-corrected chi connectivity index (χ1v) is 6.52. The first kappa shape index (κ1) is 14.5. The maximum Gasteiger partial charge on any atom is 0.276 e. The molecule has 0 amide bonds. The Morgan fingerprint density at radius 2 is 2.00 bits per heavy atom. The molecule has 0 aliphatic rings. The summed E-state index contributed by atoms with van der Waals surface area (Å²) in [7, 11) is 0. The summed E-state index contributed by atoms with van der Waals surface area (Å²) in [6, 6.07) is 7.70. The van der Waals surface area contributed by atoms with Crippen molar-refractivity contribution in [3.8, 4) is 0 Å². The minimum absolute atomic E-state index is 0.122. The average Bonchev–Trinajstić information content (AvgIpc) is 2.42. The van der Waals surface area contributed by atoms with E-state index in [4.69, 9.17) is 17.4 Å². The van der Waals surface area contributed by atoms with Gasteiger partial charge in [-0.3, -0.25) is 10.1 Å². The van der Waals surface area contributed by atoms with E-state index >= 15 is 0 Å². The number of hydrogen-bond donors (Lipinski definition) is 3. The maximum absolute atomic E-state index is 10.8. The Balaban J connectivity index is 2.34. The first-order chi connectivity index (χ1) is 9.49. The lowest BCUT2D eigenvalue weighted by Gasteiger charge is -2.08. The maximum atomic E-state index is 10.8. The van der Waals surface area contributed by atoms with Gasteiger partial charge < -0.3 is 10.7 Å². The SMILES string of the molecule is NNc1cc([N+](=O)[O-])cc(Nc2ccc(Cl)c(Br)c2)n1. The van der Waals surface area contributed by atoms with Crippen LogP contribution >= 0.6 is 27.5 Å². The van der Waals surface area contributed by atoms with Gasteiger partial charge in [0.05, 0.1) is 22.1 Å². The van der Waals surface area contributed by atoms with Crippen LogP contribution in [0.3, 0.4) is 0 Å². The second-order valence-corrected chi connectivity index (χ2v) is 5.01. The number of benzene rings is 1. The predicted octanol–water partition coefficient (Wildman–Crippen LogP) is 3.43. The summed E-state index contributed by atoms with van der Waals surface area (Å²) in [4.78, 5) is 14.4. The van der Waals surface area contributed by atoms with E-state index in [1.807, 2.05) is 0 Å². The molecule has 0 bridgehead atoms. The van der Waals surface area contributed by atoms with Crippen molar-refractivity contribution in [2.24, 2.45) is 5.84 Å². The molecule has 0 aliphatic carbocycles. The number of nitrogens with two attached hydrogens (primary N) is 1. The van der Waals surface area contributed by atoms with E-state index in [0.717, 1.165) is 0 Å². The van der Waals surface area contributed by atoms with Crippen molar-refractivity contribution in [1.82, 2.24) is 4.98 Å². The fourth-order valence-corrected chi connectivity index (χ4v) is 1.98. The molecule has 0 saturated heterocycles. The average molecular weight is 359 g/mol. The van der Waals surface area contributed by atoms with E-state index < -0.39 is 4.92 Å². The Kier molecular flexibility index (Phi) is 4.38. The number of aromatic nitrogens is 1. The van der Waals surface area contributed by atoms with Crippen LogP contribution in [0.5, 0.6) is 0 Å². The summed E-state index contributed by atoms with van der Waals surface area (Å²) >= 11 is 9.18. The Bertz CT molecular complexity index is 667. The van der Waals surface area contributed by atoms with Crippen LogP contribution in [0.15, 0.2) is 34.8 Å². The molecule has 0 atom stereocenters. The lowest BCUT2D eigenvalue weighted by molar-refractivity contribution is -0.384. The number of nitro groups is 1. The van der Waals surface area contributed by atoms with Gasteiger partial charge in [0.2, 0.25) is 0 Å². The molecule has 2 aromatic rings. The van der Waals surface area contributed by atoms with E-state index in [9.17, 15) is 10.1 Å². The van der Waals surface area contributed by atoms with Gasteiger partial charge in [-0.1, -0.05) is 11.6 Å². The lowest BCUT2D eigenvalue weighted by atomic mass is 10.3. The minimum Gasteiger partial charge on any atom is -0.340 e. The number of pyridine rings is 1. The predicted molar refractivity (Wildman–Crippen MR) is 81.1 cm³/mol. The van der Waals surface area contributed by atoms with Gasteiger partial charge in [-0.25, -0.2) is 10.8 Å². The Hall–Kier alpha value is -1.90. The third kappa shape index (κ3) is 3.35. The summed E-state index contributed by atoms with van der Waals surface area (Å²) in [5.41, 5.74) is 2.84. The zero-order valence-corrected chi connectivity index (χ0v) is 12.3. The molecule has 20 heavy (non-hydrogen) atoms. The molecule has 9 heteroatoms. The van der Waals surface area contributed by atoms with Gasteiger partial charge in [-0.15, -0.1) is 0 Å². The molecule has 1 aromatic heterocycles. The number of hydrazine groups is 1. The fraction of sp³-hybridized carbons (Fsp3) is 0. The molecule has 7 nitrogen and oxygen atoms in total. The van der Waals surface area contributed by atoms with Gasteiger partial charge in [-0.05, 0) is 34.1 Å². The number of nitrogen functional groups attached to an aromatic ring is 1. The molecular formula is C11H9BrClN5O2. The zero-order valence-electron chi connectivity index (χ0n) is 9.93. The van der Waals surface area contributed by atoms with Crippen molar-refractivity contribution >= 4 is 50.5 Å². The van der Waals surface area contributed by atoms with Gasteiger partial charge >= 0.3 is 0 Å². The normalized spacial score (nSPS) is 10.2. The van der Waals surface area contributed by atoms with Gasteiger partial charge in [0.15, 0.2) is 0 Å². The Morgan fingerprint density at radius 1 is 1.30 bits per heavy atom. The number of halogens is 2. The van der Waals surface area contributed by atoms with Gasteiger partial charge in [0, 0.05) is 10.2 Å². The summed E-state index contributed by atoms with van der Waals surface area (Å²) < 4.78 is 0.701. The van der Waals surface area contributed by atoms with Crippen molar-refractivity contribution < 1.29 is 4.92 Å². The fourth-order valence-electron chi connectivity index (χ4n) is 1.48. The van der Waals surface area contributed by atoms with Crippen LogP contribution in [0.1, 0.15) is 0 Å². The van der Waals surface area contributed by atoms with Crippen LogP contribution in [-0.4, -0.2) is 9.91 Å². The molecule has 0 spiro atoms. The van der Waals surface area contributed by atoms with Crippen LogP contribution in [0.2, 0.25) is 5.02 Å². The van der Waals surface area contributed by atoms with Crippen molar-refractivity contribution in [3.63, 3.8) is 0 Å². The highest BCUT2D eigenvalue weighted by atomic mass is 79.9. The monoisotopic (exact) mass is 357 g/mol. The smallest absolute Gasteiger partial charge is 0.276 e. The second kappa shape index (κ2) is 6.04. The standard InChI is InChI=1S/C11H9BrClN5O2/c12-8-3-6(1-2-9(8)13)15-10-4-7(18(19)20)5-11(16-10)17-14/h1-5H,14H2,(H2,15,16,17). The van der Waals surface area contributed by atoms with E-state index in [-0.39, 0.29) is 11.5 Å². The third-order valence-electron chi connectivity index (χ3n) is 2.36. The molecule has 0 fully saturated rings. The highest BCUT2D eigenvalue weighted by Crippen LogP contribution is 2.28. The van der Waals surface area contributed by atoms with Crippen LogP contribution in [-0.2, 0) is 0 Å². The van der Waals surface area contributed by atoms with Crippen molar-refractivity contribution in [3.05, 3.63) is 49.9 Å². The number of nitrogens with zero attached hydrogens (tertiary/aromatic N) is 2. The summed E-state index contributed by atoms with van der Waals surface area (Å²) in [5.74, 6) is 5.72. The molecule has 1 aromatic carbocycles. The van der Waals surface area contributed by atoms with Crippen LogP contribution in [0.4, 0.5) is 23.0 Å². The van der Waals surface area contributed by atoms with Gasteiger partial charge in [0.1, 0.15) is 11.6 Å². The molecule has 0 saturated carbocycles. The molecule has 0 aliphatic heterocycles. The van der Waals surface area contributed by atoms with E-state index in [2.05, 4.69) is 31.7 Å². The molecule has 0 radical (unpaired) electrons. The number of rotatable bonds is 4. The number of nitrogens with one attached hydrogen (secondary N) is 2. The lowest BCUT2D eigenvalue weighted by Crippen LogP contribution is -2.10. The molecule has 2 rings (SSSR count).